The Morgan fingerprint density at radius 2 is 2.11 bits per heavy atom. The second-order valence-electron chi connectivity index (χ2n) is 4.75. The molecule has 0 radical (unpaired) electrons. The van der Waals surface area contributed by atoms with Crippen LogP contribution in [0.1, 0.15) is 35.3 Å². The van der Waals surface area contributed by atoms with Crippen LogP contribution in [0.4, 0.5) is 0 Å². The summed E-state index contributed by atoms with van der Waals surface area (Å²) in [6.45, 7) is 6.97. The molecule has 1 atom stereocenters. The third kappa shape index (κ3) is 2.49. The van der Waals surface area contributed by atoms with Crippen molar-refractivity contribution in [1.82, 2.24) is 9.78 Å². The molecular formula is C15H21N3O. The molecule has 102 valence electrons. The molecule has 0 saturated carbocycles. The Morgan fingerprint density at radius 1 is 1.37 bits per heavy atom. The number of hydrogen-bond donors (Lipinski definition) is 1. The van der Waals surface area contributed by atoms with Crippen LogP contribution in [0.25, 0.3) is 0 Å². The highest BCUT2D eigenvalue weighted by Crippen LogP contribution is 2.30. The Kier molecular flexibility index (Phi) is 3.90. The van der Waals surface area contributed by atoms with E-state index in [1.54, 1.807) is 13.3 Å². The van der Waals surface area contributed by atoms with Gasteiger partial charge in [-0.25, -0.2) is 0 Å². The molecule has 0 amide bonds. The smallest absolute Gasteiger partial charge is 0.161 e. The van der Waals surface area contributed by atoms with Gasteiger partial charge in [0.25, 0.3) is 0 Å². The van der Waals surface area contributed by atoms with E-state index in [9.17, 15) is 0 Å². The maximum Gasteiger partial charge on any atom is 0.161 e. The van der Waals surface area contributed by atoms with Crippen molar-refractivity contribution in [2.75, 3.05) is 7.11 Å². The Morgan fingerprint density at radius 3 is 2.74 bits per heavy atom. The molecule has 0 aliphatic carbocycles. The number of aryl methyl sites for hydroxylation is 3. The van der Waals surface area contributed by atoms with Crippen molar-refractivity contribution in [2.45, 2.75) is 33.4 Å². The fraction of sp³-hybridized carbons (Fsp3) is 0.400. The zero-order valence-electron chi connectivity index (χ0n) is 12.0. The first-order valence-corrected chi connectivity index (χ1v) is 6.50. The third-order valence-corrected chi connectivity index (χ3v) is 3.43. The van der Waals surface area contributed by atoms with Gasteiger partial charge in [0.15, 0.2) is 5.75 Å². The predicted octanol–water partition coefficient (Wildman–Crippen LogP) is 2.58. The molecule has 0 fully saturated rings. The highest BCUT2D eigenvalue weighted by Gasteiger charge is 2.21. The van der Waals surface area contributed by atoms with Crippen molar-refractivity contribution in [2.24, 2.45) is 5.73 Å². The molecule has 1 unspecified atom stereocenters. The van der Waals surface area contributed by atoms with Crippen LogP contribution in [-0.2, 0) is 6.54 Å². The number of nitrogens with zero attached hydrogens (tertiary/aromatic N) is 2. The molecule has 4 heteroatoms. The summed E-state index contributed by atoms with van der Waals surface area (Å²) >= 11 is 0. The molecule has 2 aromatic rings. The summed E-state index contributed by atoms with van der Waals surface area (Å²) in [6, 6.07) is 6.10. The summed E-state index contributed by atoms with van der Waals surface area (Å²) in [7, 11) is 1.65. The molecule has 19 heavy (non-hydrogen) atoms. The fourth-order valence-electron chi connectivity index (χ4n) is 2.34. The monoisotopic (exact) mass is 259 g/mol. The summed E-state index contributed by atoms with van der Waals surface area (Å²) < 4.78 is 7.27. The lowest BCUT2D eigenvalue weighted by Gasteiger charge is -2.18. The zero-order valence-corrected chi connectivity index (χ0v) is 12.0. The van der Waals surface area contributed by atoms with E-state index in [1.807, 2.05) is 11.6 Å². The van der Waals surface area contributed by atoms with Crippen molar-refractivity contribution < 1.29 is 4.74 Å². The van der Waals surface area contributed by atoms with Crippen molar-refractivity contribution in [3.63, 3.8) is 0 Å². The Bertz CT molecular complexity index is 553. The maximum absolute atomic E-state index is 6.44. The average Bonchev–Trinajstić information content (AvgIpc) is 2.83. The highest BCUT2D eigenvalue weighted by molar-refractivity contribution is 5.41. The number of nitrogens with two attached hydrogens (primary N) is 1. The summed E-state index contributed by atoms with van der Waals surface area (Å²) in [5.74, 6) is 0.746. The van der Waals surface area contributed by atoms with Crippen LogP contribution >= 0.6 is 0 Å². The molecule has 1 heterocycles. The average molecular weight is 259 g/mol. The van der Waals surface area contributed by atoms with Gasteiger partial charge in [-0.05, 0) is 31.9 Å². The first-order chi connectivity index (χ1) is 9.08. The SMILES string of the molecule is CCn1ncc(OC)c1C(N)c1cc(C)ccc1C. The Hall–Kier alpha value is -1.81. The highest BCUT2D eigenvalue weighted by atomic mass is 16.5. The lowest BCUT2D eigenvalue weighted by atomic mass is 9.97. The predicted molar refractivity (Wildman–Crippen MR) is 76.4 cm³/mol. The van der Waals surface area contributed by atoms with Crippen molar-refractivity contribution in [1.29, 1.82) is 0 Å². The van der Waals surface area contributed by atoms with Gasteiger partial charge in [-0.15, -0.1) is 0 Å². The van der Waals surface area contributed by atoms with Crippen molar-refractivity contribution in [3.8, 4) is 5.75 Å². The standard InChI is InChI=1S/C15H21N3O/c1-5-18-15(13(19-4)9-17-18)14(16)12-8-10(2)6-7-11(12)3/h6-9,14H,5,16H2,1-4H3. The third-order valence-electron chi connectivity index (χ3n) is 3.43. The van der Waals surface area contributed by atoms with Gasteiger partial charge in [-0.2, -0.15) is 5.10 Å². The van der Waals surface area contributed by atoms with E-state index in [-0.39, 0.29) is 6.04 Å². The Labute approximate surface area is 114 Å². The van der Waals surface area contributed by atoms with Crippen LogP contribution in [0.2, 0.25) is 0 Å². The van der Waals surface area contributed by atoms with Gasteiger partial charge in [-0.3, -0.25) is 4.68 Å². The Balaban J connectivity index is 2.51. The number of benzene rings is 1. The van der Waals surface area contributed by atoms with Gasteiger partial charge >= 0.3 is 0 Å². The van der Waals surface area contributed by atoms with Crippen molar-refractivity contribution >= 4 is 0 Å². The molecule has 0 bridgehead atoms. The van der Waals surface area contributed by atoms with E-state index >= 15 is 0 Å². The minimum Gasteiger partial charge on any atom is -0.493 e. The molecule has 2 rings (SSSR count). The molecule has 1 aromatic carbocycles. The topological polar surface area (TPSA) is 53.1 Å². The molecular weight excluding hydrogens is 238 g/mol. The van der Waals surface area contributed by atoms with Gasteiger partial charge in [0.1, 0.15) is 5.69 Å². The number of methoxy groups -OCH3 is 1. The van der Waals surface area contributed by atoms with Crippen molar-refractivity contribution in [3.05, 3.63) is 46.8 Å². The summed E-state index contributed by atoms with van der Waals surface area (Å²) in [6.07, 6.45) is 1.73. The van der Waals surface area contributed by atoms with Gasteiger partial charge in [0, 0.05) is 6.54 Å². The minimum atomic E-state index is -0.225. The van der Waals surface area contributed by atoms with Gasteiger partial charge in [0.2, 0.25) is 0 Å². The van der Waals surface area contributed by atoms with E-state index in [0.717, 1.165) is 23.6 Å². The molecule has 0 spiro atoms. The zero-order chi connectivity index (χ0) is 14.0. The second-order valence-corrected chi connectivity index (χ2v) is 4.75. The van der Waals surface area contributed by atoms with E-state index in [0.29, 0.717) is 0 Å². The fourth-order valence-corrected chi connectivity index (χ4v) is 2.34. The summed E-state index contributed by atoms with van der Waals surface area (Å²) in [4.78, 5) is 0. The number of aromatic nitrogens is 2. The van der Waals surface area contributed by atoms with E-state index in [1.165, 1.54) is 11.1 Å². The first-order valence-electron chi connectivity index (χ1n) is 6.50. The summed E-state index contributed by atoms with van der Waals surface area (Å²) in [5.41, 5.74) is 10.9. The normalized spacial score (nSPS) is 12.5. The number of ether oxygens (including phenoxy) is 1. The molecule has 0 aliphatic rings. The van der Waals surface area contributed by atoms with Crippen LogP contribution in [0.15, 0.2) is 24.4 Å². The van der Waals surface area contributed by atoms with Gasteiger partial charge < -0.3 is 10.5 Å². The first kappa shape index (κ1) is 13.6. The minimum absolute atomic E-state index is 0.225. The molecule has 2 N–H and O–H groups in total. The van der Waals surface area contributed by atoms with Crippen LogP contribution in [-0.4, -0.2) is 16.9 Å². The lowest BCUT2D eigenvalue weighted by Crippen LogP contribution is -2.19. The molecule has 0 aliphatic heterocycles. The van der Waals surface area contributed by atoms with E-state index < -0.39 is 0 Å². The van der Waals surface area contributed by atoms with Crippen LogP contribution < -0.4 is 10.5 Å². The van der Waals surface area contributed by atoms with Crippen LogP contribution in [0.5, 0.6) is 5.75 Å². The lowest BCUT2D eigenvalue weighted by molar-refractivity contribution is 0.404. The number of hydrogen-bond acceptors (Lipinski definition) is 3. The molecule has 1 aromatic heterocycles. The van der Waals surface area contributed by atoms with Crippen LogP contribution in [0, 0.1) is 13.8 Å². The van der Waals surface area contributed by atoms with Gasteiger partial charge in [-0.1, -0.05) is 23.8 Å². The molecule has 0 saturated heterocycles. The largest absolute Gasteiger partial charge is 0.493 e. The summed E-state index contributed by atoms with van der Waals surface area (Å²) in [5, 5.41) is 4.32. The maximum atomic E-state index is 6.44. The quantitative estimate of drug-likeness (QED) is 0.918. The van der Waals surface area contributed by atoms with E-state index in [2.05, 4.69) is 37.1 Å². The number of rotatable bonds is 4. The second kappa shape index (κ2) is 5.45. The van der Waals surface area contributed by atoms with Crippen LogP contribution in [0.3, 0.4) is 0 Å². The molecule has 4 nitrogen and oxygen atoms in total. The van der Waals surface area contributed by atoms with E-state index in [4.69, 9.17) is 10.5 Å². The van der Waals surface area contributed by atoms with Gasteiger partial charge in [0.05, 0.1) is 19.3 Å².